The highest BCUT2D eigenvalue weighted by atomic mass is 16.5. The molecule has 0 spiro atoms. The monoisotopic (exact) mass is 164 g/mol. The Labute approximate surface area is 66.4 Å². The van der Waals surface area contributed by atoms with Gasteiger partial charge in [0.15, 0.2) is 0 Å². The van der Waals surface area contributed by atoms with Gasteiger partial charge in [0.05, 0.1) is 12.2 Å². The lowest BCUT2D eigenvalue weighted by molar-refractivity contribution is -0.104. The molecular weight excluding hydrogens is 148 g/mol. The van der Waals surface area contributed by atoms with E-state index in [1.165, 1.54) is 14.0 Å². The van der Waals surface area contributed by atoms with Crippen LogP contribution in [0.1, 0.15) is 13.8 Å². The summed E-state index contributed by atoms with van der Waals surface area (Å²) >= 11 is 0. The smallest absolute Gasteiger partial charge is 0.108 e. The maximum Gasteiger partial charge on any atom is 0.108 e. The van der Waals surface area contributed by atoms with Crippen LogP contribution in [0.25, 0.3) is 0 Å². The van der Waals surface area contributed by atoms with Crippen molar-refractivity contribution in [2.75, 3.05) is 7.11 Å². The minimum Gasteiger partial charge on any atom is -0.391 e. The van der Waals surface area contributed by atoms with Crippen LogP contribution >= 0.6 is 0 Å². The molecule has 0 heterocycles. The first-order valence-corrected chi connectivity index (χ1v) is 3.57. The Balaban J connectivity index is 3.90. The molecule has 0 aliphatic carbocycles. The summed E-state index contributed by atoms with van der Waals surface area (Å²) in [5.41, 5.74) is 0. The Kier molecular flexibility index (Phi) is 4.60. The van der Waals surface area contributed by atoms with Gasteiger partial charge in [-0.2, -0.15) is 0 Å². The fourth-order valence-corrected chi connectivity index (χ4v) is 0.702. The van der Waals surface area contributed by atoms with Gasteiger partial charge in [-0.1, -0.05) is 0 Å². The van der Waals surface area contributed by atoms with Crippen LogP contribution in [0.3, 0.4) is 0 Å². The first-order valence-electron chi connectivity index (χ1n) is 3.57. The van der Waals surface area contributed by atoms with Crippen LogP contribution in [0.2, 0.25) is 0 Å². The minimum absolute atomic E-state index is 0.473. The molecule has 0 aromatic rings. The van der Waals surface area contributed by atoms with Crippen LogP contribution in [-0.2, 0) is 4.74 Å². The Hall–Kier alpha value is -0.160. The van der Waals surface area contributed by atoms with Crippen molar-refractivity contribution in [3.05, 3.63) is 0 Å². The molecule has 68 valence electrons. The zero-order valence-corrected chi connectivity index (χ0v) is 7.06. The molecule has 0 amide bonds. The maximum atomic E-state index is 9.22. The second-order valence-electron chi connectivity index (χ2n) is 2.66. The predicted molar refractivity (Wildman–Crippen MR) is 40.2 cm³/mol. The highest BCUT2D eigenvalue weighted by Crippen LogP contribution is 2.06. The third kappa shape index (κ3) is 3.16. The average Bonchev–Trinajstić information content (AvgIpc) is 2.00. The Morgan fingerprint density at radius 3 is 1.73 bits per heavy atom. The fraction of sp³-hybridized carbons (Fsp3) is 1.00. The van der Waals surface area contributed by atoms with E-state index in [9.17, 15) is 5.11 Å². The summed E-state index contributed by atoms with van der Waals surface area (Å²) in [5, 5.41) is 27.2. The fourth-order valence-electron chi connectivity index (χ4n) is 0.702. The summed E-state index contributed by atoms with van der Waals surface area (Å²) in [6.07, 6.45) is -3.60. The molecule has 4 nitrogen and oxygen atoms in total. The van der Waals surface area contributed by atoms with Gasteiger partial charge in [-0.05, 0) is 13.8 Å². The zero-order chi connectivity index (χ0) is 9.02. The van der Waals surface area contributed by atoms with E-state index in [0.717, 1.165) is 0 Å². The normalized spacial score (nSPS) is 22.4. The Morgan fingerprint density at radius 2 is 1.45 bits per heavy atom. The van der Waals surface area contributed by atoms with Crippen LogP contribution < -0.4 is 0 Å². The molecule has 0 aliphatic rings. The van der Waals surface area contributed by atoms with Gasteiger partial charge in [-0.3, -0.25) is 0 Å². The van der Waals surface area contributed by atoms with E-state index >= 15 is 0 Å². The molecule has 4 heteroatoms. The second-order valence-corrected chi connectivity index (χ2v) is 2.66. The maximum absolute atomic E-state index is 9.22. The summed E-state index contributed by atoms with van der Waals surface area (Å²) in [6, 6.07) is 0. The summed E-state index contributed by atoms with van der Waals surface area (Å²) in [7, 11) is 1.43. The molecule has 0 radical (unpaired) electrons. The van der Waals surface area contributed by atoms with Crippen molar-refractivity contribution in [2.24, 2.45) is 0 Å². The van der Waals surface area contributed by atoms with E-state index in [1.807, 2.05) is 0 Å². The van der Waals surface area contributed by atoms with Gasteiger partial charge in [0.25, 0.3) is 0 Å². The molecule has 0 aromatic heterocycles. The number of ether oxygens (including phenoxy) is 1. The van der Waals surface area contributed by atoms with Crippen LogP contribution in [0.4, 0.5) is 0 Å². The quantitative estimate of drug-likeness (QED) is 0.505. The first-order chi connectivity index (χ1) is 5.00. The number of methoxy groups -OCH3 is 1. The van der Waals surface area contributed by atoms with Crippen LogP contribution in [0.15, 0.2) is 0 Å². The van der Waals surface area contributed by atoms with Crippen molar-refractivity contribution in [1.82, 2.24) is 0 Å². The van der Waals surface area contributed by atoms with E-state index in [2.05, 4.69) is 0 Å². The van der Waals surface area contributed by atoms with Crippen LogP contribution in [0.5, 0.6) is 0 Å². The van der Waals surface area contributed by atoms with Gasteiger partial charge >= 0.3 is 0 Å². The number of aliphatic hydroxyl groups is 3. The topological polar surface area (TPSA) is 69.9 Å². The molecule has 0 aromatic carbocycles. The van der Waals surface area contributed by atoms with Crippen molar-refractivity contribution >= 4 is 0 Å². The van der Waals surface area contributed by atoms with Crippen molar-refractivity contribution in [2.45, 2.75) is 38.3 Å². The molecule has 0 fully saturated rings. The van der Waals surface area contributed by atoms with E-state index in [0.29, 0.717) is 0 Å². The lowest BCUT2D eigenvalue weighted by Crippen LogP contribution is -2.42. The summed E-state index contributed by atoms with van der Waals surface area (Å²) in [4.78, 5) is 0. The number of rotatable bonds is 4. The molecule has 0 aliphatic heterocycles. The Bertz CT molecular complexity index is 105. The summed E-state index contributed by atoms with van der Waals surface area (Å²) in [5.74, 6) is 0. The second kappa shape index (κ2) is 4.66. The molecule has 11 heavy (non-hydrogen) atoms. The lowest BCUT2D eigenvalue weighted by atomic mass is 10.1. The lowest BCUT2D eigenvalue weighted by Gasteiger charge is -2.24. The van der Waals surface area contributed by atoms with Crippen molar-refractivity contribution in [1.29, 1.82) is 0 Å². The van der Waals surface area contributed by atoms with Gasteiger partial charge in [-0.15, -0.1) is 0 Å². The molecule has 2 unspecified atom stereocenters. The van der Waals surface area contributed by atoms with E-state index in [1.54, 1.807) is 6.92 Å². The summed E-state index contributed by atoms with van der Waals surface area (Å²) in [6.45, 7) is 3.03. The Morgan fingerprint density at radius 1 is 1.00 bits per heavy atom. The number of hydrogen-bond donors (Lipinski definition) is 3. The molecule has 0 saturated heterocycles. The van der Waals surface area contributed by atoms with E-state index in [-0.39, 0.29) is 0 Å². The van der Waals surface area contributed by atoms with E-state index < -0.39 is 24.4 Å². The number of aliphatic hydroxyl groups excluding tert-OH is 3. The zero-order valence-electron chi connectivity index (χ0n) is 7.06. The van der Waals surface area contributed by atoms with Crippen molar-refractivity contribution in [3.8, 4) is 0 Å². The predicted octanol–water partition coefficient (Wildman–Crippen LogP) is -0.876. The molecule has 3 N–H and O–H groups in total. The molecular formula is C7H16O4. The van der Waals surface area contributed by atoms with Gasteiger partial charge in [0, 0.05) is 7.11 Å². The third-order valence-electron chi connectivity index (χ3n) is 1.70. The molecule has 0 bridgehead atoms. The van der Waals surface area contributed by atoms with Crippen molar-refractivity contribution < 1.29 is 20.1 Å². The largest absolute Gasteiger partial charge is 0.391 e. The molecule has 4 atom stereocenters. The van der Waals surface area contributed by atoms with Crippen LogP contribution in [0, 0.1) is 0 Å². The third-order valence-corrected chi connectivity index (χ3v) is 1.70. The number of hydrogen-bond acceptors (Lipinski definition) is 4. The van der Waals surface area contributed by atoms with Gasteiger partial charge in [-0.25, -0.2) is 0 Å². The standard InChI is InChI=1S/C7H16O4/c1-4(8)6(9)7(10)5(2)11-3/h4-10H,1-3H3/t4-,5?,6?,7-/m1/s1. The first kappa shape index (κ1) is 10.8. The minimum atomic E-state index is -1.15. The highest BCUT2D eigenvalue weighted by molar-refractivity contribution is 4.76. The van der Waals surface area contributed by atoms with E-state index in [4.69, 9.17) is 14.9 Å². The van der Waals surface area contributed by atoms with Crippen LogP contribution in [-0.4, -0.2) is 46.8 Å². The van der Waals surface area contributed by atoms with Crippen molar-refractivity contribution in [3.63, 3.8) is 0 Å². The highest BCUT2D eigenvalue weighted by Gasteiger charge is 2.26. The summed E-state index contributed by atoms with van der Waals surface area (Å²) < 4.78 is 4.76. The molecule has 0 rings (SSSR count). The van der Waals surface area contributed by atoms with Gasteiger partial charge < -0.3 is 20.1 Å². The molecule has 0 saturated carbocycles. The van der Waals surface area contributed by atoms with Gasteiger partial charge in [0.2, 0.25) is 0 Å². The SMILES string of the molecule is COC(C)[C@@H](O)C(O)[C@@H](C)O. The van der Waals surface area contributed by atoms with Gasteiger partial charge in [0.1, 0.15) is 12.2 Å². The average molecular weight is 164 g/mol.